The van der Waals surface area contributed by atoms with Crippen LogP contribution in [0.5, 0.6) is 0 Å². The van der Waals surface area contributed by atoms with Crippen LogP contribution in [0.1, 0.15) is 26.6 Å². The van der Waals surface area contributed by atoms with Crippen molar-refractivity contribution in [3.63, 3.8) is 0 Å². The number of hydrogen-bond donors (Lipinski definition) is 0. The molecule has 0 atom stereocenters. The largest absolute Gasteiger partial charge is 0.327 e. The number of benzene rings is 1. The molecule has 0 saturated heterocycles. The Balaban J connectivity index is 2.51. The number of aryl methyl sites for hydroxylation is 1. The van der Waals surface area contributed by atoms with Crippen molar-refractivity contribution in [1.29, 1.82) is 0 Å². The van der Waals surface area contributed by atoms with Crippen LogP contribution in [0, 0.1) is 5.41 Å². The van der Waals surface area contributed by atoms with Crippen molar-refractivity contribution < 1.29 is 0 Å². The van der Waals surface area contributed by atoms with E-state index in [2.05, 4.69) is 48.5 Å². The summed E-state index contributed by atoms with van der Waals surface area (Å²) in [5.74, 6) is 1.71. The zero-order valence-electron chi connectivity index (χ0n) is 10.7. The van der Waals surface area contributed by atoms with Crippen molar-refractivity contribution in [3.05, 3.63) is 30.1 Å². The molecule has 2 rings (SSSR count). The minimum atomic E-state index is 0.241. The van der Waals surface area contributed by atoms with Gasteiger partial charge in [-0.15, -0.1) is 11.6 Å². The number of halogens is 1. The summed E-state index contributed by atoms with van der Waals surface area (Å²) in [6, 6.07) is 8.28. The van der Waals surface area contributed by atoms with E-state index in [-0.39, 0.29) is 5.41 Å². The van der Waals surface area contributed by atoms with Gasteiger partial charge in [0.2, 0.25) is 0 Å². The van der Waals surface area contributed by atoms with Gasteiger partial charge in [-0.3, -0.25) is 0 Å². The van der Waals surface area contributed by atoms with Gasteiger partial charge in [-0.25, -0.2) is 4.98 Å². The Labute approximate surface area is 108 Å². The Kier molecular flexibility index (Phi) is 3.43. The molecule has 2 aromatic rings. The first-order valence-electron chi connectivity index (χ1n) is 6.01. The second kappa shape index (κ2) is 4.69. The predicted octanol–water partition coefficient (Wildman–Crippen LogP) is 3.86. The molecular formula is C14H19ClN2. The van der Waals surface area contributed by atoms with Gasteiger partial charge >= 0.3 is 0 Å². The number of hydrogen-bond acceptors (Lipinski definition) is 1. The fourth-order valence-corrected chi connectivity index (χ4v) is 2.22. The van der Waals surface area contributed by atoms with E-state index in [0.29, 0.717) is 5.88 Å². The fraction of sp³-hybridized carbons (Fsp3) is 0.500. The highest BCUT2D eigenvalue weighted by Crippen LogP contribution is 2.23. The number of imidazole rings is 1. The molecule has 0 spiro atoms. The Morgan fingerprint density at radius 2 is 1.94 bits per heavy atom. The molecular weight excluding hydrogens is 232 g/mol. The maximum absolute atomic E-state index is 5.85. The number of aromatic nitrogens is 2. The quantitative estimate of drug-likeness (QED) is 0.757. The Hall–Kier alpha value is -1.02. The molecule has 0 aliphatic rings. The zero-order chi connectivity index (χ0) is 12.5. The summed E-state index contributed by atoms with van der Waals surface area (Å²) in [5.41, 5.74) is 2.52. The third kappa shape index (κ3) is 2.81. The van der Waals surface area contributed by atoms with E-state index >= 15 is 0 Å². The molecule has 92 valence electrons. The lowest BCUT2D eigenvalue weighted by Gasteiger charge is -2.21. The number of nitrogens with zero attached hydrogens (tertiary/aromatic N) is 2. The predicted molar refractivity (Wildman–Crippen MR) is 73.6 cm³/mol. The molecule has 0 aliphatic carbocycles. The highest BCUT2D eigenvalue weighted by Gasteiger charge is 2.16. The first-order valence-corrected chi connectivity index (χ1v) is 6.55. The molecule has 1 aromatic heterocycles. The van der Waals surface area contributed by atoms with Gasteiger partial charge in [0.05, 0.1) is 11.0 Å². The number of alkyl halides is 1. The summed E-state index contributed by atoms with van der Waals surface area (Å²) < 4.78 is 2.30. The van der Waals surface area contributed by atoms with Crippen LogP contribution in [-0.4, -0.2) is 15.4 Å². The summed E-state index contributed by atoms with van der Waals surface area (Å²) >= 11 is 5.85. The molecule has 0 fully saturated rings. The second-order valence-corrected chi connectivity index (χ2v) is 5.98. The molecule has 0 amide bonds. The standard InChI is InChI=1S/C14H19ClN2/c1-14(2,3)10-17-12-7-5-4-6-11(12)16-13(17)8-9-15/h4-7H,8-10H2,1-3H3. The molecule has 0 N–H and O–H groups in total. The molecule has 0 unspecified atom stereocenters. The van der Waals surface area contributed by atoms with Gasteiger partial charge in [-0.2, -0.15) is 0 Å². The maximum Gasteiger partial charge on any atom is 0.111 e. The van der Waals surface area contributed by atoms with Gasteiger partial charge in [-0.05, 0) is 17.5 Å². The SMILES string of the molecule is CC(C)(C)Cn1c(CCCl)nc2ccccc21. The molecule has 2 nitrogen and oxygen atoms in total. The number of fused-ring (bicyclic) bond motifs is 1. The summed E-state index contributed by atoms with van der Waals surface area (Å²) in [7, 11) is 0. The van der Waals surface area contributed by atoms with Gasteiger partial charge in [0, 0.05) is 18.8 Å². The third-order valence-corrected chi connectivity index (χ3v) is 2.87. The smallest absolute Gasteiger partial charge is 0.111 e. The van der Waals surface area contributed by atoms with E-state index in [0.717, 1.165) is 24.3 Å². The second-order valence-electron chi connectivity index (χ2n) is 5.60. The van der Waals surface area contributed by atoms with E-state index in [9.17, 15) is 0 Å². The van der Waals surface area contributed by atoms with Crippen LogP contribution in [0.3, 0.4) is 0 Å². The summed E-state index contributed by atoms with van der Waals surface area (Å²) in [4.78, 5) is 4.67. The lowest BCUT2D eigenvalue weighted by atomic mass is 9.96. The molecule has 3 heteroatoms. The number of rotatable bonds is 3. The van der Waals surface area contributed by atoms with Crippen molar-refractivity contribution >= 4 is 22.6 Å². The summed E-state index contributed by atoms with van der Waals surface area (Å²) in [6.45, 7) is 7.70. The first kappa shape index (κ1) is 12.4. The van der Waals surface area contributed by atoms with Crippen LogP contribution >= 0.6 is 11.6 Å². The normalized spacial score (nSPS) is 12.2. The van der Waals surface area contributed by atoms with Gasteiger partial charge in [0.25, 0.3) is 0 Å². The van der Waals surface area contributed by atoms with Crippen LogP contribution in [0.25, 0.3) is 11.0 Å². The molecule has 1 aromatic carbocycles. The third-order valence-electron chi connectivity index (χ3n) is 2.68. The van der Waals surface area contributed by atoms with Gasteiger partial charge in [0.1, 0.15) is 5.82 Å². The maximum atomic E-state index is 5.85. The van der Waals surface area contributed by atoms with E-state index in [1.807, 2.05) is 6.07 Å². The van der Waals surface area contributed by atoms with E-state index in [1.165, 1.54) is 5.52 Å². The Morgan fingerprint density at radius 3 is 2.59 bits per heavy atom. The molecule has 0 radical (unpaired) electrons. The minimum Gasteiger partial charge on any atom is -0.327 e. The van der Waals surface area contributed by atoms with Crippen LogP contribution in [-0.2, 0) is 13.0 Å². The lowest BCUT2D eigenvalue weighted by molar-refractivity contribution is 0.343. The molecule has 0 aliphatic heterocycles. The van der Waals surface area contributed by atoms with Crippen LogP contribution in [0.4, 0.5) is 0 Å². The number of para-hydroxylation sites is 2. The van der Waals surface area contributed by atoms with Gasteiger partial charge < -0.3 is 4.57 Å². The van der Waals surface area contributed by atoms with Crippen molar-refractivity contribution in [1.82, 2.24) is 9.55 Å². The minimum absolute atomic E-state index is 0.241. The Morgan fingerprint density at radius 1 is 1.24 bits per heavy atom. The highest BCUT2D eigenvalue weighted by molar-refractivity contribution is 6.17. The van der Waals surface area contributed by atoms with Crippen molar-refractivity contribution in [3.8, 4) is 0 Å². The lowest BCUT2D eigenvalue weighted by Crippen LogP contribution is -2.17. The van der Waals surface area contributed by atoms with Crippen molar-refractivity contribution in [2.24, 2.45) is 5.41 Å². The summed E-state index contributed by atoms with van der Waals surface area (Å²) in [5, 5.41) is 0. The molecule has 0 bridgehead atoms. The fourth-order valence-electron chi connectivity index (χ4n) is 2.05. The van der Waals surface area contributed by atoms with E-state index in [1.54, 1.807) is 0 Å². The van der Waals surface area contributed by atoms with Gasteiger partial charge in [-0.1, -0.05) is 32.9 Å². The van der Waals surface area contributed by atoms with Crippen molar-refractivity contribution in [2.45, 2.75) is 33.7 Å². The average Bonchev–Trinajstić information content (AvgIpc) is 2.56. The monoisotopic (exact) mass is 250 g/mol. The van der Waals surface area contributed by atoms with E-state index in [4.69, 9.17) is 11.6 Å². The summed E-state index contributed by atoms with van der Waals surface area (Å²) in [6.07, 6.45) is 0.826. The molecule has 1 heterocycles. The van der Waals surface area contributed by atoms with Gasteiger partial charge in [0.15, 0.2) is 0 Å². The zero-order valence-corrected chi connectivity index (χ0v) is 11.5. The van der Waals surface area contributed by atoms with Crippen LogP contribution in [0.2, 0.25) is 0 Å². The molecule has 0 saturated carbocycles. The van der Waals surface area contributed by atoms with Crippen molar-refractivity contribution in [2.75, 3.05) is 5.88 Å². The first-order chi connectivity index (χ1) is 8.01. The van der Waals surface area contributed by atoms with Crippen LogP contribution in [0.15, 0.2) is 24.3 Å². The Bertz CT molecular complexity index is 508. The van der Waals surface area contributed by atoms with E-state index < -0.39 is 0 Å². The highest BCUT2D eigenvalue weighted by atomic mass is 35.5. The topological polar surface area (TPSA) is 17.8 Å². The molecule has 17 heavy (non-hydrogen) atoms. The van der Waals surface area contributed by atoms with Crippen LogP contribution < -0.4 is 0 Å². The average molecular weight is 251 g/mol.